The fourth-order valence-electron chi connectivity index (χ4n) is 5.43. The van der Waals surface area contributed by atoms with Gasteiger partial charge in [-0.15, -0.1) is 0 Å². The number of benzene rings is 1. The van der Waals surface area contributed by atoms with Gasteiger partial charge in [0.25, 0.3) is 5.91 Å². The molecule has 2 aromatic rings. The predicted molar refractivity (Wildman–Crippen MR) is 142 cm³/mol. The second-order valence-electron chi connectivity index (χ2n) is 10.6. The Hall–Kier alpha value is -3.69. The molecule has 2 saturated heterocycles. The molecule has 1 aromatic heterocycles. The molecule has 1 atom stereocenters. The molecule has 0 saturated carbocycles. The lowest BCUT2D eigenvalue weighted by Gasteiger charge is -2.44. The molecule has 2 aliphatic heterocycles. The maximum absolute atomic E-state index is 14.4. The van der Waals surface area contributed by atoms with E-state index in [0.717, 1.165) is 11.3 Å². The highest BCUT2D eigenvalue weighted by molar-refractivity contribution is 5.98. The number of pyridine rings is 1. The van der Waals surface area contributed by atoms with E-state index < -0.39 is 23.3 Å². The number of hydrogen-bond acceptors (Lipinski definition) is 5. The van der Waals surface area contributed by atoms with Crippen molar-refractivity contribution in [2.45, 2.75) is 51.6 Å². The Kier molecular flexibility index (Phi) is 7.62. The Balaban J connectivity index is 1.51. The average Bonchev–Trinajstić information content (AvgIpc) is 3.13. The number of amides is 3. The molecule has 0 bridgehead atoms. The van der Waals surface area contributed by atoms with Crippen LogP contribution in [-0.4, -0.2) is 70.5 Å². The van der Waals surface area contributed by atoms with Gasteiger partial charge in [-0.25, -0.2) is 4.39 Å². The van der Waals surface area contributed by atoms with E-state index in [0.29, 0.717) is 39.0 Å². The number of likely N-dealkylation sites (tertiary alicyclic amines) is 1. The van der Waals surface area contributed by atoms with Crippen LogP contribution < -0.4 is 15.8 Å². The molecular weight excluding hydrogens is 489 g/mol. The number of hydrogen-bond donors (Lipinski definition) is 1. The van der Waals surface area contributed by atoms with Gasteiger partial charge >= 0.3 is 0 Å². The van der Waals surface area contributed by atoms with Crippen molar-refractivity contribution in [3.05, 3.63) is 63.8 Å². The Morgan fingerprint density at radius 2 is 1.76 bits per heavy atom. The highest BCUT2D eigenvalue weighted by Gasteiger charge is 2.53. The summed E-state index contributed by atoms with van der Waals surface area (Å²) in [5, 5.41) is 2.76. The monoisotopic (exact) mass is 525 g/mol. The quantitative estimate of drug-likeness (QED) is 0.624. The minimum absolute atomic E-state index is 0.0153. The lowest BCUT2D eigenvalue weighted by atomic mass is 9.85. The molecule has 1 spiro atoms. The highest BCUT2D eigenvalue weighted by Crippen LogP contribution is 2.39. The Labute approximate surface area is 222 Å². The first-order valence-electron chi connectivity index (χ1n) is 13.1. The van der Waals surface area contributed by atoms with E-state index in [1.54, 1.807) is 42.2 Å². The third kappa shape index (κ3) is 4.91. The van der Waals surface area contributed by atoms with Crippen molar-refractivity contribution < 1.29 is 18.8 Å². The van der Waals surface area contributed by atoms with Crippen molar-refractivity contribution in [2.75, 3.05) is 31.7 Å². The molecule has 0 radical (unpaired) electrons. The molecule has 9 nitrogen and oxygen atoms in total. The van der Waals surface area contributed by atoms with Gasteiger partial charge in [0, 0.05) is 39.4 Å². The van der Waals surface area contributed by atoms with Gasteiger partial charge in [0.2, 0.25) is 17.4 Å². The van der Waals surface area contributed by atoms with Crippen LogP contribution in [0.4, 0.5) is 10.1 Å². The fraction of sp³-hybridized carbons (Fsp3) is 0.500. The lowest BCUT2D eigenvalue weighted by molar-refractivity contribution is -0.139. The number of nitrogens with zero attached hydrogens (tertiary/aromatic N) is 4. The molecule has 1 aromatic carbocycles. The number of carbonyl (C=O) groups excluding carboxylic acids is 3. The summed E-state index contributed by atoms with van der Waals surface area (Å²) in [4.78, 5) is 57.1. The van der Waals surface area contributed by atoms with E-state index in [4.69, 9.17) is 0 Å². The smallest absolute Gasteiger partial charge is 0.254 e. The van der Waals surface area contributed by atoms with Gasteiger partial charge in [-0.3, -0.25) is 19.2 Å². The summed E-state index contributed by atoms with van der Waals surface area (Å²) < 4.78 is 15.9. The normalized spacial score (nSPS) is 17.9. The molecule has 2 fully saturated rings. The zero-order valence-corrected chi connectivity index (χ0v) is 22.7. The topological polar surface area (TPSA) is 95.0 Å². The van der Waals surface area contributed by atoms with Crippen LogP contribution in [0.2, 0.25) is 0 Å². The van der Waals surface area contributed by atoms with Crippen LogP contribution >= 0.6 is 0 Å². The molecule has 4 rings (SSSR count). The average molecular weight is 526 g/mol. The molecule has 0 aliphatic carbocycles. The zero-order valence-electron chi connectivity index (χ0n) is 22.7. The summed E-state index contributed by atoms with van der Waals surface area (Å²) in [5.41, 5.74) is 0.578. The molecule has 0 unspecified atom stereocenters. The first kappa shape index (κ1) is 27.3. The van der Waals surface area contributed by atoms with Crippen molar-refractivity contribution in [1.29, 1.82) is 0 Å². The Bertz CT molecular complexity index is 1300. The second-order valence-corrected chi connectivity index (χ2v) is 10.6. The minimum atomic E-state index is -0.831. The van der Waals surface area contributed by atoms with E-state index in [1.807, 2.05) is 25.7 Å². The van der Waals surface area contributed by atoms with Crippen LogP contribution in [0, 0.1) is 11.7 Å². The van der Waals surface area contributed by atoms with Crippen LogP contribution in [-0.2, 0) is 23.1 Å². The number of carbonyl (C=O) groups is 3. The van der Waals surface area contributed by atoms with Crippen LogP contribution in [0.25, 0.3) is 0 Å². The molecule has 204 valence electrons. The zero-order chi connectivity index (χ0) is 27.8. The van der Waals surface area contributed by atoms with Gasteiger partial charge in [-0.05, 0) is 48.9 Å². The largest absolute Gasteiger partial charge is 0.341 e. The number of aryl methyl sites for hydroxylation is 2. The van der Waals surface area contributed by atoms with Crippen molar-refractivity contribution in [2.24, 2.45) is 13.0 Å². The van der Waals surface area contributed by atoms with Gasteiger partial charge in [0.1, 0.15) is 17.4 Å². The SMILES string of the molecule is CCc1ccc(F)c(C(=O)N[C@@H](C(=O)N2CCC3(CC2)C(=O)N(C)CN3c2ccc(=O)n(C)c2)C(C)C)c1. The summed E-state index contributed by atoms with van der Waals surface area (Å²) in [7, 11) is 3.42. The summed E-state index contributed by atoms with van der Waals surface area (Å²) in [6.07, 6.45) is 3.21. The summed E-state index contributed by atoms with van der Waals surface area (Å²) in [6, 6.07) is 6.82. The van der Waals surface area contributed by atoms with Gasteiger partial charge in [-0.1, -0.05) is 26.8 Å². The van der Waals surface area contributed by atoms with Gasteiger partial charge in [-0.2, -0.15) is 0 Å². The maximum atomic E-state index is 14.4. The first-order chi connectivity index (χ1) is 18.0. The van der Waals surface area contributed by atoms with E-state index in [9.17, 15) is 23.6 Å². The molecule has 3 amide bonds. The predicted octanol–water partition coefficient (Wildman–Crippen LogP) is 2.14. The first-order valence-corrected chi connectivity index (χ1v) is 13.1. The van der Waals surface area contributed by atoms with Gasteiger partial charge in [0.15, 0.2) is 0 Å². The van der Waals surface area contributed by atoms with Crippen molar-refractivity contribution in [1.82, 2.24) is 19.7 Å². The van der Waals surface area contributed by atoms with Crippen molar-refractivity contribution in [3.63, 3.8) is 0 Å². The Morgan fingerprint density at radius 3 is 2.37 bits per heavy atom. The van der Waals surface area contributed by atoms with Crippen LogP contribution in [0.15, 0.2) is 41.3 Å². The van der Waals surface area contributed by atoms with E-state index in [1.165, 1.54) is 22.8 Å². The number of piperidine rings is 1. The molecule has 1 N–H and O–H groups in total. The fourth-order valence-corrected chi connectivity index (χ4v) is 5.43. The standard InChI is InChI=1S/C28H36FN5O4/c1-6-19-7-9-22(29)21(15-19)25(36)30-24(18(2)3)26(37)33-13-11-28(12-14-33)27(38)32(5)17-34(28)20-8-10-23(35)31(4)16-20/h7-10,15-16,18,24H,6,11-14,17H2,1-5H3,(H,30,36)/t24-/m1/s1. The van der Waals surface area contributed by atoms with E-state index in [2.05, 4.69) is 5.32 Å². The minimum Gasteiger partial charge on any atom is -0.341 e. The molecule has 3 heterocycles. The summed E-state index contributed by atoms with van der Waals surface area (Å²) >= 11 is 0. The summed E-state index contributed by atoms with van der Waals surface area (Å²) in [5.74, 6) is -1.73. The molecular formula is C28H36FN5O4. The third-order valence-corrected chi connectivity index (χ3v) is 7.80. The maximum Gasteiger partial charge on any atom is 0.254 e. The van der Waals surface area contributed by atoms with Crippen LogP contribution in [0.3, 0.4) is 0 Å². The van der Waals surface area contributed by atoms with Crippen molar-refractivity contribution >= 4 is 23.4 Å². The number of aromatic nitrogens is 1. The van der Waals surface area contributed by atoms with Crippen LogP contribution in [0.1, 0.15) is 49.5 Å². The second kappa shape index (κ2) is 10.6. The van der Waals surface area contributed by atoms with Gasteiger partial charge < -0.3 is 24.6 Å². The van der Waals surface area contributed by atoms with Gasteiger partial charge in [0.05, 0.1) is 17.9 Å². The number of anilines is 1. The highest BCUT2D eigenvalue weighted by atomic mass is 19.1. The number of rotatable bonds is 6. The van der Waals surface area contributed by atoms with E-state index in [-0.39, 0.29) is 28.9 Å². The lowest BCUT2D eigenvalue weighted by Crippen LogP contribution is -2.60. The van der Waals surface area contributed by atoms with Crippen LogP contribution in [0.5, 0.6) is 0 Å². The number of likely N-dealkylation sites (N-methyl/N-ethyl adjacent to an activating group) is 1. The molecule has 2 aliphatic rings. The molecule has 10 heteroatoms. The Morgan fingerprint density at radius 1 is 1.08 bits per heavy atom. The van der Waals surface area contributed by atoms with E-state index >= 15 is 0 Å². The third-order valence-electron chi connectivity index (χ3n) is 7.80. The molecule has 38 heavy (non-hydrogen) atoms. The number of nitrogens with one attached hydrogen (secondary N) is 1. The number of halogens is 1. The summed E-state index contributed by atoms with van der Waals surface area (Å²) in [6.45, 7) is 6.65. The van der Waals surface area contributed by atoms with Crippen molar-refractivity contribution in [3.8, 4) is 0 Å².